The van der Waals surface area contributed by atoms with Crippen molar-refractivity contribution in [3.05, 3.63) is 47.8 Å². The number of carbonyl (C=O) groups excluding carboxylic acids is 2. The Bertz CT molecular complexity index is 1320. The number of hydrogen-bond acceptors (Lipinski definition) is 8. The fraction of sp³-hybridized carbons (Fsp3) is 0.333. The number of aldehydes is 1. The van der Waals surface area contributed by atoms with Gasteiger partial charge >= 0.3 is 6.09 Å². The average molecular weight is 460 g/mol. The molecule has 3 aromatic rings. The smallest absolute Gasteiger partial charge is 0.414 e. The van der Waals surface area contributed by atoms with Crippen LogP contribution in [-0.2, 0) is 22.0 Å². The summed E-state index contributed by atoms with van der Waals surface area (Å²) in [7, 11) is 1.81. The number of nitrogens with one attached hydrogen (secondary N) is 1. The van der Waals surface area contributed by atoms with Gasteiger partial charge in [0.2, 0.25) is 5.95 Å². The van der Waals surface area contributed by atoms with Crippen LogP contribution in [0, 0.1) is 11.3 Å². The van der Waals surface area contributed by atoms with Gasteiger partial charge in [0.05, 0.1) is 22.4 Å². The van der Waals surface area contributed by atoms with Crippen LogP contribution in [0.4, 0.5) is 22.2 Å². The molecule has 0 unspecified atom stereocenters. The van der Waals surface area contributed by atoms with Crippen LogP contribution in [0.1, 0.15) is 38.8 Å². The summed E-state index contributed by atoms with van der Waals surface area (Å²) in [6, 6.07) is 9.12. The molecule has 34 heavy (non-hydrogen) atoms. The number of benzene rings is 1. The fourth-order valence-corrected chi connectivity index (χ4v) is 3.84. The van der Waals surface area contributed by atoms with Crippen LogP contribution >= 0.6 is 0 Å². The zero-order valence-electron chi connectivity index (χ0n) is 19.7. The SMILES string of the molecule is Cn1ccc(Nc2nccc(-c3cc(C#N)c4c(c3)[C@](C)(C=O)CN4C(=O)OC(C)(C)C)n2)n1. The van der Waals surface area contributed by atoms with Crippen LogP contribution in [-0.4, -0.2) is 44.3 Å². The van der Waals surface area contributed by atoms with E-state index in [2.05, 4.69) is 26.5 Å². The van der Waals surface area contributed by atoms with E-state index >= 15 is 0 Å². The Hall–Kier alpha value is -4.26. The second-order valence-corrected chi connectivity index (χ2v) is 9.40. The number of rotatable bonds is 4. The first-order valence-corrected chi connectivity index (χ1v) is 10.7. The average Bonchev–Trinajstić information content (AvgIpc) is 3.33. The first kappa shape index (κ1) is 22.9. The highest BCUT2D eigenvalue weighted by molar-refractivity contribution is 5.98. The molecule has 2 aromatic heterocycles. The summed E-state index contributed by atoms with van der Waals surface area (Å²) >= 11 is 0. The molecule has 1 aromatic carbocycles. The van der Waals surface area contributed by atoms with Crippen molar-refractivity contribution < 1.29 is 14.3 Å². The molecule has 0 saturated carbocycles. The predicted molar refractivity (Wildman–Crippen MR) is 126 cm³/mol. The molecule has 0 aliphatic carbocycles. The largest absolute Gasteiger partial charge is 0.443 e. The minimum atomic E-state index is -1.00. The normalized spacial score (nSPS) is 17.1. The quantitative estimate of drug-likeness (QED) is 0.585. The summed E-state index contributed by atoms with van der Waals surface area (Å²) < 4.78 is 7.19. The number of ether oxygens (including phenoxy) is 1. The van der Waals surface area contributed by atoms with Gasteiger partial charge in [-0.15, -0.1) is 0 Å². The number of hydrogen-bond donors (Lipinski definition) is 1. The number of anilines is 3. The van der Waals surface area contributed by atoms with E-state index in [1.54, 1.807) is 76.1 Å². The third-order valence-electron chi connectivity index (χ3n) is 5.38. The van der Waals surface area contributed by atoms with Crippen molar-refractivity contribution in [2.24, 2.45) is 7.05 Å². The number of carbonyl (C=O) groups is 2. The third kappa shape index (κ3) is 4.32. The second-order valence-electron chi connectivity index (χ2n) is 9.40. The summed E-state index contributed by atoms with van der Waals surface area (Å²) in [5, 5.41) is 17.2. The van der Waals surface area contributed by atoms with Crippen molar-refractivity contribution >= 4 is 29.8 Å². The molecule has 3 heterocycles. The molecular formula is C24H25N7O3. The third-order valence-corrected chi connectivity index (χ3v) is 5.38. The van der Waals surface area contributed by atoms with Gasteiger partial charge in [0.15, 0.2) is 5.82 Å². The van der Waals surface area contributed by atoms with E-state index in [0.29, 0.717) is 34.3 Å². The lowest BCUT2D eigenvalue weighted by Crippen LogP contribution is -2.39. The standard InChI is InChI=1S/C24H25N7O3/c1-23(2,3)34-22(33)31-13-24(4,14-32)17-11-15(10-16(12-25)20(17)31)18-6-8-26-21(27-18)28-19-7-9-30(5)29-19/h6-11,14H,13H2,1-5H3,(H,26,27,28,29)/t24-/m0/s1. The molecule has 10 heteroatoms. The molecular weight excluding hydrogens is 434 g/mol. The van der Waals surface area contributed by atoms with Crippen molar-refractivity contribution in [1.29, 1.82) is 5.26 Å². The molecule has 0 radical (unpaired) electrons. The minimum absolute atomic E-state index is 0.0785. The van der Waals surface area contributed by atoms with Gasteiger partial charge in [0, 0.05) is 37.6 Å². The van der Waals surface area contributed by atoms with Crippen LogP contribution in [0.25, 0.3) is 11.3 Å². The Balaban J connectivity index is 1.77. The molecule has 0 spiro atoms. The summed E-state index contributed by atoms with van der Waals surface area (Å²) in [6.45, 7) is 7.11. The first-order chi connectivity index (χ1) is 16.0. The monoisotopic (exact) mass is 459 g/mol. The highest BCUT2D eigenvalue weighted by Crippen LogP contribution is 2.44. The lowest BCUT2D eigenvalue weighted by Gasteiger charge is -2.26. The summed E-state index contributed by atoms with van der Waals surface area (Å²) in [6.07, 6.45) is 3.59. The Labute approximate surface area is 197 Å². The van der Waals surface area contributed by atoms with Gasteiger partial charge < -0.3 is 14.8 Å². The van der Waals surface area contributed by atoms with E-state index in [1.165, 1.54) is 4.90 Å². The second kappa shape index (κ2) is 8.26. The molecule has 1 aliphatic rings. The van der Waals surface area contributed by atoms with Crippen molar-refractivity contribution in [3.63, 3.8) is 0 Å². The number of aromatic nitrogens is 4. The lowest BCUT2D eigenvalue weighted by atomic mass is 9.84. The first-order valence-electron chi connectivity index (χ1n) is 10.7. The van der Waals surface area contributed by atoms with E-state index < -0.39 is 17.1 Å². The van der Waals surface area contributed by atoms with Gasteiger partial charge in [0.1, 0.15) is 18.0 Å². The van der Waals surface area contributed by atoms with Crippen molar-refractivity contribution in [1.82, 2.24) is 19.7 Å². The molecule has 0 fully saturated rings. The van der Waals surface area contributed by atoms with E-state index in [9.17, 15) is 14.9 Å². The number of nitriles is 1. The molecule has 174 valence electrons. The highest BCUT2D eigenvalue weighted by atomic mass is 16.6. The van der Waals surface area contributed by atoms with Crippen LogP contribution in [0.15, 0.2) is 36.7 Å². The Morgan fingerprint density at radius 2 is 2.09 bits per heavy atom. The van der Waals surface area contributed by atoms with E-state index in [0.717, 1.165) is 6.29 Å². The Kier molecular flexibility index (Phi) is 5.57. The van der Waals surface area contributed by atoms with Gasteiger partial charge in [-0.1, -0.05) is 0 Å². The molecule has 1 aliphatic heterocycles. The molecule has 1 amide bonds. The maximum absolute atomic E-state index is 12.9. The maximum atomic E-state index is 12.9. The van der Waals surface area contributed by atoms with E-state index in [4.69, 9.17) is 4.74 Å². The molecule has 1 N–H and O–H groups in total. The minimum Gasteiger partial charge on any atom is -0.443 e. The lowest BCUT2D eigenvalue weighted by molar-refractivity contribution is -0.111. The molecule has 0 bridgehead atoms. The number of fused-ring (bicyclic) bond motifs is 1. The number of nitrogens with zero attached hydrogens (tertiary/aromatic N) is 6. The van der Waals surface area contributed by atoms with Crippen molar-refractivity contribution in [3.8, 4) is 17.3 Å². The van der Waals surface area contributed by atoms with E-state index in [-0.39, 0.29) is 12.1 Å². The summed E-state index contributed by atoms with van der Waals surface area (Å²) in [5.74, 6) is 0.927. The topological polar surface area (TPSA) is 126 Å². The van der Waals surface area contributed by atoms with Gasteiger partial charge in [0.25, 0.3) is 0 Å². The highest BCUT2D eigenvalue weighted by Gasteiger charge is 2.44. The summed E-state index contributed by atoms with van der Waals surface area (Å²) in [5.41, 5.74) is 0.661. The fourth-order valence-electron chi connectivity index (χ4n) is 3.84. The van der Waals surface area contributed by atoms with Gasteiger partial charge in [-0.3, -0.25) is 9.58 Å². The van der Waals surface area contributed by atoms with Gasteiger partial charge in [-0.2, -0.15) is 10.4 Å². The zero-order chi connectivity index (χ0) is 24.7. The summed E-state index contributed by atoms with van der Waals surface area (Å²) in [4.78, 5) is 35.2. The number of amides is 1. The van der Waals surface area contributed by atoms with Gasteiger partial charge in [-0.25, -0.2) is 14.8 Å². The zero-order valence-corrected chi connectivity index (χ0v) is 19.7. The molecule has 1 atom stereocenters. The Morgan fingerprint density at radius 1 is 1.32 bits per heavy atom. The van der Waals surface area contributed by atoms with Gasteiger partial charge in [-0.05, 0) is 51.5 Å². The van der Waals surface area contributed by atoms with Crippen LogP contribution in [0.3, 0.4) is 0 Å². The van der Waals surface area contributed by atoms with Crippen LogP contribution in [0.5, 0.6) is 0 Å². The predicted octanol–water partition coefficient (Wildman–Crippen LogP) is 3.70. The van der Waals surface area contributed by atoms with Crippen LogP contribution in [0.2, 0.25) is 0 Å². The van der Waals surface area contributed by atoms with Crippen molar-refractivity contribution in [2.75, 3.05) is 16.8 Å². The molecule has 10 nitrogen and oxygen atoms in total. The number of aryl methyl sites for hydroxylation is 1. The van der Waals surface area contributed by atoms with Crippen molar-refractivity contribution in [2.45, 2.75) is 38.7 Å². The maximum Gasteiger partial charge on any atom is 0.414 e. The van der Waals surface area contributed by atoms with E-state index in [1.807, 2.05) is 0 Å². The van der Waals surface area contributed by atoms with Crippen LogP contribution < -0.4 is 10.2 Å². The molecule has 0 saturated heterocycles. The Morgan fingerprint density at radius 3 is 2.71 bits per heavy atom. The molecule has 4 rings (SSSR count).